The first-order valence-corrected chi connectivity index (χ1v) is 13.0. The van der Waals surface area contributed by atoms with Gasteiger partial charge in [-0.15, -0.1) is 0 Å². The number of benzene rings is 2. The maximum absolute atomic E-state index is 13.1. The lowest BCUT2D eigenvalue weighted by Gasteiger charge is -2.32. The van der Waals surface area contributed by atoms with Gasteiger partial charge in [-0.1, -0.05) is 26.0 Å². The van der Waals surface area contributed by atoms with Crippen LogP contribution in [0.25, 0.3) is 0 Å². The summed E-state index contributed by atoms with van der Waals surface area (Å²) in [4.78, 5) is 17.9. The highest BCUT2D eigenvalue weighted by molar-refractivity contribution is 7.80. The molecule has 1 amide bonds. The number of amides is 1. The molecule has 0 unspecified atom stereocenters. The second kappa shape index (κ2) is 14.8. The van der Waals surface area contributed by atoms with Gasteiger partial charge >= 0.3 is 0 Å². The molecule has 0 spiro atoms. The molecule has 0 atom stereocenters. The van der Waals surface area contributed by atoms with E-state index in [1.54, 1.807) is 19.2 Å². The molecule has 0 radical (unpaired) electrons. The number of piperazine rings is 1. The van der Waals surface area contributed by atoms with Gasteiger partial charge in [-0.05, 0) is 54.5 Å². The summed E-state index contributed by atoms with van der Waals surface area (Å²) in [6.45, 7) is 9.34. The highest BCUT2D eigenvalue weighted by Crippen LogP contribution is 2.34. The number of nitrogens with zero attached hydrogens (tertiary/aromatic N) is 2. The smallest absolute Gasteiger partial charge is 0.273 e. The van der Waals surface area contributed by atoms with Crippen LogP contribution >= 0.6 is 12.2 Å². The molecule has 2 aromatic rings. The fourth-order valence-corrected chi connectivity index (χ4v) is 4.17. The summed E-state index contributed by atoms with van der Waals surface area (Å²) in [5.41, 5.74) is 8.64. The van der Waals surface area contributed by atoms with Gasteiger partial charge < -0.3 is 29.2 Å². The third-order valence-electron chi connectivity index (χ3n) is 6.15. The third-order valence-corrected chi connectivity index (χ3v) is 6.35. The molecule has 0 aliphatic carbocycles. The molecule has 10 nitrogen and oxygen atoms in total. The van der Waals surface area contributed by atoms with Crippen molar-refractivity contribution in [2.75, 3.05) is 66.3 Å². The van der Waals surface area contributed by atoms with Crippen molar-refractivity contribution in [3.8, 4) is 11.5 Å². The van der Waals surface area contributed by atoms with Crippen molar-refractivity contribution in [3.05, 3.63) is 53.1 Å². The minimum atomic E-state index is -0.414. The number of hydrazine groups is 1. The zero-order valence-corrected chi connectivity index (χ0v) is 23.7. The van der Waals surface area contributed by atoms with Gasteiger partial charge in [0.1, 0.15) is 11.5 Å². The van der Waals surface area contributed by atoms with E-state index in [1.165, 1.54) is 12.7 Å². The first kappa shape index (κ1) is 29.6. The number of hydrogen-bond acceptors (Lipinski definition) is 8. The van der Waals surface area contributed by atoms with Crippen molar-refractivity contribution in [2.45, 2.75) is 26.3 Å². The predicted molar refractivity (Wildman–Crippen MR) is 152 cm³/mol. The van der Waals surface area contributed by atoms with Crippen LogP contribution in [0.4, 0.5) is 5.69 Å². The van der Waals surface area contributed by atoms with Crippen LogP contribution in [0.3, 0.4) is 0 Å². The number of thiocarbonyl (C=S) groups is 1. The Labute approximate surface area is 230 Å². The van der Waals surface area contributed by atoms with E-state index in [2.05, 4.69) is 45.1 Å². The zero-order valence-electron chi connectivity index (χ0n) is 22.8. The van der Waals surface area contributed by atoms with Crippen molar-refractivity contribution < 1.29 is 23.7 Å². The molecular weight excluding hydrogens is 506 g/mol. The molecule has 2 aromatic carbocycles. The Morgan fingerprint density at radius 2 is 1.58 bits per heavy atom. The lowest BCUT2D eigenvalue weighted by atomic mass is 9.98. The average molecular weight is 546 g/mol. The van der Waals surface area contributed by atoms with Crippen LogP contribution in [0.15, 0.2) is 36.4 Å². The molecule has 0 aromatic heterocycles. The van der Waals surface area contributed by atoms with Gasteiger partial charge in [0.25, 0.3) is 5.91 Å². The molecular formula is C27H39N5O5S. The molecule has 38 heavy (non-hydrogen) atoms. The molecule has 3 rings (SSSR count). The Morgan fingerprint density at radius 1 is 0.947 bits per heavy atom. The van der Waals surface area contributed by atoms with Gasteiger partial charge in [-0.25, -0.2) is 0 Å². The second-order valence-corrected chi connectivity index (χ2v) is 9.86. The van der Waals surface area contributed by atoms with Crippen molar-refractivity contribution >= 4 is 28.9 Å². The molecule has 0 bridgehead atoms. The van der Waals surface area contributed by atoms with E-state index in [1.807, 2.05) is 26.0 Å². The van der Waals surface area contributed by atoms with Crippen LogP contribution in [0.1, 0.15) is 41.3 Å². The molecule has 1 heterocycles. The Kier molecular flexibility index (Phi) is 11.6. The van der Waals surface area contributed by atoms with Crippen molar-refractivity contribution in [3.63, 3.8) is 0 Å². The van der Waals surface area contributed by atoms with E-state index >= 15 is 0 Å². The zero-order chi connectivity index (χ0) is 27.5. The molecule has 208 valence electrons. The highest BCUT2D eigenvalue weighted by atomic mass is 32.1. The molecule has 1 aliphatic heterocycles. The van der Waals surface area contributed by atoms with Gasteiger partial charge in [0, 0.05) is 58.7 Å². The van der Waals surface area contributed by atoms with Crippen LogP contribution in [0, 0.1) is 0 Å². The number of likely N-dealkylation sites (N-methyl/N-ethyl adjacent to an activating group) is 1. The molecule has 1 fully saturated rings. The number of carbonyl (C=O) groups excluding carboxylic acids is 1. The van der Waals surface area contributed by atoms with E-state index in [0.717, 1.165) is 44.0 Å². The lowest BCUT2D eigenvalue weighted by Crippen LogP contribution is -2.44. The molecule has 0 saturated carbocycles. The quantitative estimate of drug-likeness (QED) is 0.222. The largest absolute Gasteiger partial charge is 0.467 e. The summed E-state index contributed by atoms with van der Waals surface area (Å²) in [6.07, 6.45) is 0. The van der Waals surface area contributed by atoms with E-state index in [-0.39, 0.29) is 24.6 Å². The van der Waals surface area contributed by atoms with Crippen LogP contribution in [-0.2, 0) is 16.0 Å². The van der Waals surface area contributed by atoms with Gasteiger partial charge in [0.2, 0.25) is 0 Å². The summed E-state index contributed by atoms with van der Waals surface area (Å²) in [7, 11) is 5.21. The first-order chi connectivity index (χ1) is 18.3. The van der Waals surface area contributed by atoms with E-state index < -0.39 is 5.91 Å². The van der Waals surface area contributed by atoms with Gasteiger partial charge in [-0.3, -0.25) is 20.5 Å². The fraction of sp³-hybridized carbons (Fsp3) is 0.481. The number of anilines is 1. The maximum atomic E-state index is 13.1. The van der Waals surface area contributed by atoms with Gasteiger partial charge in [0.15, 0.2) is 18.7 Å². The number of ether oxygens (including phenoxy) is 4. The first-order valence-electron chi connectivity index (χ1n) is 12.6. The van der Waals surface area contributed by atoms with Crippen LogP contribution in [0.5, 0.6) is 11.5 Å². The number of methoxy groups -OCH3 is 2. The summed E-state index contributed by atoms with van der Waals surface area (Å²) in [5, 5.41) is 3.35. The highest BCUT2D eigenvalue weighted by Gasteiger charge is 2.20. The number of nitrogens with one attached hydrogen (secondary N) is 3. The van der Waals surface area contributed by atoms with Crippen molar-refractivity contribution in [1.29, 1.82) is 0 Å². The van der Waals surface area contributed by atoms with E-state index in [9.17, 15) is 4.79 Å². The fourth-order valence-electron chi connectivity index (χ4n) is 4.00. The normalized spacial score (nSPS) is 14.3. The lowest BCUT2D eigenvalue weighted by molar-refractivity contribution is 0.0449. The van der Waals surface area contributed by atoms with E-state index in [0.29, 0.717) is 17.1 Å². The van der Waals surface area contributed by atoms with Crippen LogP contribution in [0.2, 0.25) is 0 Å². The number of carbonyl (C=O) groups is 1. The molecule has 11 heteroatoms. The molecule has 3 N–H and O–H groups in total. The molecule has 1 saturated heterocycles. The topological polar surface area (TPSA) is 96.6 Å². The standard InChI is InChI=1S/C27H39N5O5S/c1-19(2)22-14-23(25(37-18-35-5)15-24(22)36-17-34-4)26(33)29-30-27(38)28-21-8-6-20(7-9-21)16-32-12-10-31(3)11-13-32/h6-9,14-15,19H,10-13,16-18H2,1-5H3,(H,29,33)(H2,28,30,38). The third kappa shape index (κ3) is 8.81. The summed E-state index contributed by atoms with van der Waals surface area (Å²) >= 11 is 5.38. The van der Waals surface area contributed by atoms with E-state index in [4.69, 9.17) is 31.2 Å². The Balaban J connectivity index is 1.59. The average Bonchev–Trinajstić information content (AvgIpc) is 2.91. The SMILES string of the molecule is COCOc1cc(OCOC)c(C(C)C)cc1C(=O)NNC(=S)Nc1ccc(CN2CCN(C)CC2)cc1. The van der Waals surface area contributed by atoms with Crippen LogP contribution < -0.4 is 25.6 Å². The Bertz CT molecular complexity index is 1060. The van der Waals surface area contributed by atoms with Gasteiger partial charge in [0.05, 0.1) is 5.56 Å². The number of rotatable bonds is 11. The van der Waals surface area contributed by atoms with Crippen molar-refractivity contribution in [1.82, 2.24) is 20.7 Å². The summed E-state index contributed by atoms with van der Waals surface area (Å²) in [5.74, 6) is 0.574. The van der Waals surface area contributed by atoms with Gasteiger partial charge in [-0.2, -0.15) is 0 Å². The van der Waals surface area contributed by atoms with Crippen LogP contribution in [-0.4, -0.2) is 81.9 Å². The maximum Gasteiger partial charge on any atom is 0.273 e. The minimum absolute atomic E-state index is 0.0246. The molecule has 1 aliphatic rings. The Morgan fingerprint density at radius 3 is 2.18 bits per heavy atom. The minimum Gasteiger partial charge on any atom is -0.467 e. The number of hydrogen-bond donors (Lipinski definition) is 3. The second-order valence-electron chi connectivity index (χ2n) is 9.45. The monoisotopic (exact) mass is 545 g/mol. The van der Waals surface area contributed by atoms with Crippen molar-refractivity contribution in [2.24, 2.45) is 0 Å². The summed E-state index contributed by atoms with van der Waals surface area (Å²) in [6, 6.07) is 11.5. The Hall–Kier alpha value is -2.96. The predicted octanol–water partition coefficient (Wildman–Crippen LogP) is 3.15. The summed E-state index contributed by atoms with van der Waals surface area (Å²) < 4.78 is 21.4.